The molecule has 0 unspecified atom stereocenters. The van der Waals surface area contributed by atoms with E-state index in [1.165, 1.54) is 0 Å². The van der Waals surface area contributed by atoms with E-state index in [0.717, 1.165) is 22.5 Å². The zero-order valence-electron chi connectivity index (χ0n) is 9.57. The molecule has 0 radical (unpaired) electrons. The molecule has 0 aliphatic rings. The first-order valence-electron chi connectivity index (χ1n) is 5.18. The van der Waals surface area contributed by atoms with Crippen molar-refractivity contribution in [3.05, 3.63) is 29.5 Å². The molecule has 1 aromatic heterocycles. The number of nitriles is 1. The number of fused-ring (bicyclic) bond motifs is 1. The number of hydrogen-bond acceptors (Lipinski definition) is 3. The van der Waals surface area contributed by atoms with Crippen molar-refractivity contribution in [1.29, 1.82) is 5.26 Å². The quantitative estimate of drug-likeness (QED) is 0.770. The summed E-state index contributed by atoms with van der Waals surface area (Å²) < 4.78 is 10.8. The molecule has 1 heterocycles. The number of methoxy groups -OCH3 is 1. The van der Waals surface area contributed by atoms with Crippen LogP contribution in [0, 0.1) is 11.3 Å². The summed E-state index contributed by atoms with van der Waals surface area (Å²) in [5.74, 6) is 1.68. The second kappa shape index (κ2) is 3.90. The van der Waals surface area contributed by atoms with Gasteiger partial charge in [-0.3, -0.25) is 0 Å². The lowest BCUT2D eigenvalue weighted by Gasteiger charge is -1.98. The van der Waals surface area contributed by atoms with Crippen LogP contribution >= 0.6 is 0 Å². The van der Waals surface area contributed by atoms with E-state index in [9.17, 15) is 0 Å². The number of rotatable bonds is 2. The monoisotopic (exact) mass is 215 g/mol. The standard InChI is InChI=1S/C13H13NO2/c1-8(2)13-11(7-14)10-6-9(15-3)4-5-12(10)16-13/h4-6,8H,1-3H3. The lowest BCUT2D eigenvalue weighted by Crippen LogP contribution is -1.87. The number of benzene rings is 1. The fourth-order valence-corrected chi connectivity index (χ4v) is 1.74. The van der Waals surface area contributed by atoms with E-state index in [-0.39, 0.29) is 5.92 Å². The van der Waals surface area contributed by atoms with Gasteiger partial charge in [-0.15, -0.1) is 0 Å². The summed E-state index contributed by atoms with van der Waals surface area (Å²) in [7, 11) is 1.61. The summed E-state index contributed by atoms with van der Waals surface area (Å²) in [6.07, 6.45) is 0. The summed E-state index contributed by atoms with van der Waals surface area (Å²) in [6.45, 7) is 4.02. The summed E-state index contributed by atoms with van der Waals surface area (Å²) in [6, 6.07) is 7.70. The zero-order chi connectivity index (χ0) is 11.7. The van der Waals surface area contributed by atoms with Crippen LogP contribution < -0.4 is 4.74 Å². The number of hydrogen-bond donors (Lipinski definition) is 0. The van der Waals surface area contributed by atoms with Crippen molar-refractivity contribution in [3.63, 3.8) is 0 Å². The van der Waals surface area contributed by atoms with Crippen molar-refractivity contribution in [2.45, 2.75) is 19.8 Å². The average molecular weight is 215 g/mol. The smallest absolute Gasteiger partial charge is 0.135 e. The molecule has 0 amide bonds. The van der Waals surface area contributed by atoms with Gasteiger partial charge in [-0.05, 0) is 18.2 Å². The second-order valence-electron chi connectivity index (χ2n) is 3.97. The van der Waals surface area contributed by atoms with E-state index < -0.39 is 0 Å². The molecule has 2 rings (SSSR count). The highest BCUT2D eigenvalue weighted by atomic mass is 16.5. The predicted molar refractivity (Wildman–Crippen MR) is 61.6 cm³/mol. The van der Waals surface area contributed by atoms with E-state index in [2.05, 4.69) is 6.07 Å². The van der Waals surface area contributed by atoms with Crippen LogP contribution in [0.4, 0.5) is 0 Å². The minimum Gasteiger partial charge on any atom is -0.497 e. The molecule has 3 nitrogen and oxygen atoms in total. The number of ether oxygens (including phenoxy) is 1. The Balaban J connectivity index is 2.74. The highest BCUT2D eigenvalue weighted by molar-refractivity contribution is 5.86. The third kappa shape index (κ3) is 1.53. The maximum Gasteiger partial charge on any atom is 0.135 e. The summed E-state index contributed by atoms with van der Waals surface area (Å²) in [5.41, 5.74) is 1.35. The van der Waals surface area contributed by atoms with Crippen LogP contribution in [0.25, 0.3) is 11.0 Å². The van der Waals surface area contributed by atoms with Gasteiger partial charge in [-0.1, -0.05) is 13.8 Å². The van der Waals surface area contributed by atoms with E-state index >= 15 is 0 Å². The molecule has 3 heteroatoms. The molecule has 0 aliphatic carbocycles. The number of furan rings is 1. The Labute approximate surface area is 94.2 Å². The normalized spacial score (nSPS) is 10.7. The predicted octanol–water partition coefficient (Wildman–Crippen LogP) is 3.44. The first-order chi connectivity index (χ1) is 7.67. The van der Waals surface area contributed by atoms with Gasteiger partial charge < -0.3 is 9.15 Å². The van der Waals surface area contributed by atoms with Gasteiger partial charge in [0.1, 0.15) is 28.7 Å². The van der Waals surface area contributed by atoms with Crippen LogP contribution in [0.1, 0.15) is 31.1 Å². The first kappa shape index (κ1) is 10.6. The van der Waals surface area contributed by atoms with Gasteiger partial charge in [0, 0.05) is 11.3 Å². The molecular formula is C13H13NO2. The number of nitrogens with zero attached hydrogens (tertiary/aromatic N) is 1. The lowest BCUT2D eigenvalue weighted by molar-refractivity contribution is 0.415. The van der Waals surface area contributed by atoms with Gasteiger partial charge in [0.2, 0.25) is 0 Å². The second-order valence-corrected chi connectivity index (χ2v) is 3.97. The van der Waals surface area contributed by atoms with Crippen LogP contribution in [-0.4, -0.2) is 7.11 Å². The van der Waals surface area contributed by atoms with Crippen molar-refractivity contribution in [2.24, 2.45) is 0 Å². The van der Waals surface area contributed by atoms with Gasteiger partial charge in [-0.2, -0.15) is 5.26 Å². The van der Waals surface area contributed by atoms with E-state index in [4.69, 9.17) is 14.4 Å². The fourth-order valence-electron chi connectivity index (χ4n) is 1.74. The van der Waals surface area contributed by atoms with Crippen molar-refractivity contribution in [2.75, 3.05) is 7.11 Å². The molecule has 2 aromatic rings. The average Bonchev–Trinajstić information content (AvgIpc) is 2.66. The third-order valence-corrected chi connectivity index (χ3v) is 2.56. The van der Waals surface area contributed by atoms with Gasteiger partial charge in [0.15, 0.2) is 0 Å². The van der Waals surface area contributed by atoms with Crippen LogP contribution in [-0.2, 0) is 0 Å². The van der Waals surface area contributed by atoms with E-state index in [1.54, 1.807) is 7.11 Å². The SMILES string of the molecule is COc1ccc2oc(C(C)C)c(C#N)c2c1. The van der Waals surface area contributed by atoms with Crippen LogP contribution in [0.5, 0.6) is 5.75 Å². The Kier molecular flexibility index (Phi) is 2.57. The van der Waals surface area contributed by atoms with Crippen molar-refractivity contribution in [1.82, 2.24) is 0 Å². The topological polar surface area (TPSA) is 46.2 Å². The largest absolute Gasteiger partial charge is 0.497 e. The minimum atomic E-state index is 0.202. The molecule has 0 fully saturated rings. The summed E-state index contributed by atoms with van der Waals surface area (Å²) in [4.78, 5) is 0. The van der Waals surface area contributed by atoms with Crippen molar-refractivity contribution in [3.8, 4) is 11.8 Å². The Hall–Kier alpha value is -1.95. The molecule has 0 bridgehead atoms. The van der Waals surface area contributed by atoms with E-state index in [1.807, 2.05) is 32.0 Å². The third-order valence-electron chi connectivity index (χ3n) is 2.56. The minimum absolute atomic E-state index is 0.202. The van der Waals surface area contributed by atoms with Gasteiger partial charge in [0.25, 0.3) is 0 Å². The zero-order valence-corrected chi connectivity index (χ0v) is 9.57. The molecule has 0 saturated carbocycles. The first-order valence-corrected chi connectivity index (χ1v) is 5.18. The highest BCUT2D eigenvalue weighted by Crippen LogP contribution is 2.32. The molecule has 1 aromatic carbocycles. The van der Waals surface area contributed by atoms with Gasteiger partial charge in [-0.25, -0.2) is 0 Å². The van der Waals surface area contributed by atoms with Crippen LogP contribution in [0.2, 0.25) is 0 Å². The molecule has 0 spiro atoms. The Bertz CT molecular complexity index is 561. The molecule has 0 aliphatic heterocycles. The Morgan fingerprint density at radius 1 is 1.38 bits per heavy atom. The molecule has 0 N–H and O–H groups in total. The Morgan fingerprint density at radius 3 is 2.69 bits per heavy atom. The molecule has 0 atom stereocenters. The van der Waals surface area contributed by atoms with Gasteiger partial charge in [0.05, 0.1) is 7.11 Å². The van der Waals surface area contributed by atoms with Crippen LogP contribution in [0.15, 0.2) is 22.6 Å². The highest BCUT2D eigenvalue weighted by Gasteiger charge is 2.16. The maximum absolute atomic E-state index is 9.17. The Morgan fingerprint density at radius 2 is 2.12 bits per heavy atom. The molecule has 16 heavy (non-hydrogen) atoms. The molecule has 82 valence electrons. The van der Waals surface area contributed by atoms with Crippen molar-refractivity contribution < 1.29 is 9.15 Å². The molecule has 0 saturated heterocycles. The summed E-state index contributed by atoms with van der Waals surface area (Å²) in [5, 5.41) is 9.99. The fraction of sp³-hybridized carbons (Fsp3) is 0.308. The van der Waals surface area contributed by atoms with E-state index in [0.29, 0.717) is 5.56 Å². The lowest BCUT2D eigenvalue weighted by atomic mass is 10.1. The van der Waals surface area contributed by atoms with Crippen LogP contribution in [0.3, 0.4) is 0 Å². The maximum atomic E-state index is 9.17. The molecular weight excluding hydrogens is 202 g/mol. The summed E-state index contributed by atoms with van der Waals surface area (Å²) >= 11 is 0. The van der Waals surface area contributed by atoms with Crippen molar-refractivity contribution >= 4 is 11.0 Å². The van der Waals surface area contributed by atoms with Gasteiger partial charge >= 0.3 is 0 Å².